The van der Waals surface area contributed by atoms with E-state index in [-0.39, 0.29) is 0 Å². The number of unbranched alkanes of at least 4 members (excludes halogenated alkanes) is 4. The van der Waals surface area contributed by atoms with E-state index in [1.165, 1.54) is 64.5 Å². The van der Waals surface area contributed by atoms with Crippen LogP contribution < -0.4 is 5.73 Å². The lowest BCUT2D eigenvalue weighted by atomic mass is 9.87. The predicted octanol–water partition coefficient (Wildman–Crippen LogP) is 3.41. The molecule has 0 aliphatic carbocycles. The molecule has 2 unspecified atom stereocenters. The first-order valence-electron chi connectivity index (χ1n) is 7.77. The van der Waals surface area contributed by atoms with Crippen LogP contribution in [-0.2, 0) is 0 Å². The molecule has 1 rings (SSSR count). The molecule has 17 heavy (non-hydrogen) atoms. The molecule has 2 heteroatoms. The molecule has 0 bridgehead atoms. The zero-order chi connectivity index (χ0) is 12.5. The van der Waals surface area contributed by atoms with Crippen LogP contribution in [0.25, 0.3) is 0 Å². The Kier molecular flexibility index (Phi) is 7.87. The molecule has 2 nitrogen and oxygen atoms in total. The lowest BCUT2D eigenvalue weighted by Gasteiger charge is -2.40. The van der Waals surface area contributed by atoms with Gasteiger partial charge < -0.3 is 5.73 Å². The fraction of sp³-hybridized carbons (Fsp3) is 1.00. The van der Waals surface area contributed by atoms with E-state index in [1.807, 2.05) is 0 Å². The fourth-order valence-corrected chi connectivity index (χ4v) is 3.23. The van der Waals surface area contributed by atoms with Gasteiger partial charge >= 0.3 is 0 Å². The van der Waals surface area contributed by atoms with Crippen LogP contribution in [-0.4, -0.2) is 30.6 Å². The Morgan fingerprint density at radius 3 is 2.53 bits per heavy atom. The minimum Gasteiger partial charge on any atom is -0.329 e. The molecule has 0 radical (unpaired) electrons. The van der Waals surface area contributed by atoms with Gasteiger partial charge in [0.1, 0.15) is 0 Å². The van der Waals surface area contributed by atoms with Crippen LogP contribution in [0.2, 0.25) is 0 Å². The molecule has 0 saturated carbocycles. The Balaban J connectivity index is 2.24. The van der Waals surface area contributed by atoms with Gasteiger partial charge in [0.25, 0.3) is 0 Å². The monoisotopic (exact) mass is 240 g/mol. The highest BCUT2D eigenvalue weighted by Crippen LogP contribution is 2.26. The molecule has 1 aliphatic heterocycles. The Morgan fingerprint density at radius 2 is 1.88 bits per heavy atom. The van der Waals surface area contributed by atoms with Crippen molar-refractivity contribution in [2.45, 2.75) is 71.3 Å². The van der Waals surface area contributed by atoms with E-state index in [1.54, 1.807) is 0 Å². The topological polar surface area (TPSA) is 29.3 Å². The van der Waals surface area contributed by atoms with E-state index in [0.29, 0.717) is 6.04 Å². The van der Waals surface area contributed by atoms with E-state index in [4.69, 9.17) is 5.73 Å². The van der Waals surface area contributed by atoms with Gasteiger partial charge in [-0.25, -0.2) is 0 Å². The molecule has 1 saturated heterocycles. The number of piperidine rings is 1. The van der Waals surface area contributed by atoms with Crippen molar-refractivity contribution in [3.63, 3.8) is 0 Å². The zero-order valence-electron chi connectivity index (χ0n) is 12.0. The number of nitrogens with two attached hydrogens (primary N) is 1. The van der Waals surface area contributed by atoms with Crippen LogP contribution in [0.15, 0.2) is 0 Å². The standard InChI is InChI=1S/C15H32N2/c1-3-5-6-7-8-11-17-12-9-10-14(4-2)15(17)13-16/h14-15H,3-13,16H2,1-2H3. The number of rotatable bonds is 8. The number of likely N-dealkylation sites (tertiary alicyclic amines) is 1. The third-order valence-electron chi connectivity index (χ3n) is 4.35. The second-order valence-electron chi connectivity index (χ2n) is 5.56. The summed E-state index contributed by atoms with van der Waals surface area (Å²) in [5.74, 6) is 0.851. The highest BCUT2D eigenvalue weighted by atomic mass is 15.2. The Morgan fingerprint density at radius 1 is 1.12 bits per heavy atom. The quantitative estimate of drug-likeness (QED) is 0.659. The van der Waals surface area contributed by atoms with E-state index in [9.17, 15) is 0 Å². The Bertz CT molecular complexity index is 182. The summed E-state index contributed by atoms with van der Waals surface area (Å²) in [5.41, 5.74) is 5.97. The highest BCUT2D eigenvalue weighted by molar-refractivity contribution is 4.84. The molecule has 0 aromatic rings. The third kappa shape index (κ3) is 4.97. The third-order valence-corrected chi connectivity index (χ3v) is 4.35. The lowest BCUT2D eigenvalue weighted by Crippen LogP contribution is -2.49. The molecule has 0 spiro atoms. The summed E-state index contributed by atoms with van der Waals surface area (Å²) in [7, 11) is 0. The minimum atomic E-state index is 0.667. The van der Waals surface area contributed by atoms with Gasteiger partial charge in [-0.1, -0.05) is 46.0 Å². The van der Waals surface area contributed by atoms with Gasteiger partial charge in [0.15, 0.2) is 0 Å². The first-order chi connectivity index (χ1) is 8.33. The smallest absolute Gasteiger partial charge is 0.0246 e. The maximum Gasteiger partial charge on any atom is 0.0246 e. The van der Waals surface area contributed by atoms with Crippen LogP contribution in [0, 0.1) is 5.92 Å². The molecule has 0 aromatic carbocycles. The first kappa shape index (κ1) is 15.0. The maximum absolute atomic E-state index is 5.97. The Hall–Kier alpha value is -0.0800. The molecule has 1 aliphatic rings. The van der Waals surface area contributed by atoms with Crippen LogP contribution in [0.4, 0.5) is 0 Å². The van der Waals surface area contributed by atoms with Gasteiger partial charge in [-0.15, -0.1) is 0 Å². The summed E-state index contributed by atoms with van der Waals surface area (Å²) in [6.07, 6.45) is 11.0. The van der Waals surface area contributed by atoms with E-state index in [2.05, 4.69) is 18.7 Å². The summed E-state index contributed by atoms with van der Waals surface area (Å²) in [6, 6.07) is 0.667. The van der Waals surface area contributed by atoms with E-state index < -0.39 is 0 Å². The highest BCUT2D eigenvalue weighted by Gasteiger charge is 2.28. The van der Waals surface area contributed by atoms with E-state index in [0.717, 1.165) is 12.5 Å². The summed E-state index contributed by atoms with van der Waals surface area (Å²) >= 11 is 0. The van der Waals surface area contributed by atoms with Crippen molar-refractivity contribution in [1.82, 2.24) is 4.90 Å². The van der Waals surface area contributed by atoms with E-state index >= 15 is 0 Å². The van der Waals surface area contributed by atoms with Crippen LogP contribution in [0.5, 0.6) is 0 Å². The predicted molar refractivity (Wildman–Crippen MR) is 76.2 cm³/mol. The normalized spacial score (nSPS) is 26.3. The maximum atomic E-state index is 5.97. The van der Waals surface area contributed by atoms with Crippen molar-refractivity contribution in [2.75, 3.05) is 19.6 Å². The Labute approximate surface area is 108 Å². The van der Waals surface area contributed by atoms with Gasteiger partial charge in [0.2, 0.25) is 0 Å². The van der Waals surface area contributed by atoms with Crippen molar-refractivity contribution in [3.8, 4) is 0 Å². The average Bonchev–Trinajstić information content (AvgIpc) is 2.38. The number of hydrogen-bond acceptors (Lipinski definition) is 2. The van der Waals surface area contributed by atoms with Gasteiger partial charge in [0.05, 0.1) is 0 Å². The van der Waals surface area contributed by atoms with Crippen LogP contribution in [0.3, 0.4) is 0 Å². The van der Waals surface area contributed by atoms with Gasteiger partial charge in [-0.05, 0) is 38.3 Å². The molecule has 1 heterocycles. The van der Waals surface area contributed by atoms with Gasteiger partial charge in [-0.3, -0.25) is 4.90 Å². The van der Waals surface area contributed by atoms with Crippen LogP contribution >= 0.6 is 0 Å². The molecule has 1 fully saturated rings. The van der Waals surface area contributed by atoms with Crippen LogP contribution in [0.1, 0.15) is 65.2 Å². The second kappa shape index (κ2) is 8.93. The number of nitrogens with zero attached hydrogens (tertiary/aromatic N) is 1. The SMILES string of the molecule is CCCCCCCN1CCCC(CC)C1CN. The largest absolute Gasteiger partial charge is 0.329 e. The zero-order valence-corrected chi connectivity index (χ0v) is 12.0. The van der Waals surface area contributed by atoms with Crippen molar-refractivity contribution in [3.05, 3.63) is 0 Å². The summed E-state index contributed by atoms with van der Waals surface area (Å²) in [6.45, 7) is 8.01. The first-order valence-corrected chi connectivity index (χ1v) is 7.77. The fourth-order valence-electron chi connectivity index (χ4n) is 3.23. The molecule has 2 N–H and O–H groups in total. The molecular weight excluding hydrogens is 208 g/mol. The van der Waals surface area contributed by atoms with Crippen molar-refractivity contribution >= 4 is 0 Å². The van der Waals surface area contributed by atoms with Gasteiger partial charge in [0, 0.05) is 12.6 Å². The molecule has 0 aromatic heterocycles. The lowest BCUT2D eigenvalue weighted by molar-refractivity contribution is 0.0934. The summed E-state index contributed by atoms with van der Waals surface area (Å²) in [5, 5.41) is 0. The van der Waals surface area contributed by atoms with Crippen molar-refractivity contribution in [1.29, 1.82) is 0 Å². The molecule has 0 amide bonds. The summed E-state index contributed by atoms with van der Waals surface area (Å²) in [4.78, 5) is 2.67. The summed E-state index contributed by atoms with van der Waals surface area (Å²) < 4.78 is 0. The van der Waals surface area contributed by atoms with Crippen molar-refractivity contribution < 1.29 is 0 Å². The second-order valence-corrected chi connectivity index (χ2v) is 5.56. The number of hydrogen-bond donors (Lipinski definition) is 1. The molecular formula is C15H32N2. The van der Waals surface area contributed by atoms with Crippen molar-refractivity contribution in [2.24, 2.45) is 11.7 Å². The molecule has 2 atom stereocenters. The average molecular weight is 240 g/mol. The molecule has 102 valence electrons. The van der Waals surface area contributed by atoms with Gasteiger partial charge in [-0.2, -0.15) is 0 Å². The minimum absolute atomic E-state index is 0.667.